The topological polar surface area (TPSA) is 96.2 Å². The van der Waals surface area contributed by atoms with Gasteiger partial charge in [0.1, 0.15) is 12.0 Å². The second-order valence-corrected chi connectivity index (χ2v) is 4.75. The summed E-state index contributed by atoms with van der Waals surface area (Å²) in [7, 11) is 3.68. The Hall–Kier alpha value is -2.67. The third kappa shape index (κ3) is 3.67. The molecule has 1 heterocycles. The third-order valence-corrected chi connectivity index (χ3v) is 2.75. The Morgan fingerprint density at radius 1 is 1.24 bits per heavy atom. The Morgan fingerprint density at radius 3 is 2.62 bits per heavy atom. The molecule has 0 spiro atoms. The summed E-state index contributed by atoms with van der Waals surface area (Å²) in [5.41, 5.74) is 10.8. The Kier molecular flexibility index (Phi) is 4.34. The number of hydrazine groups is 1. The van der Waals surface area contributed by atoms with Crippen LogP contribution in [0.2, 0.25) is 0 Å². The molecule has 0 fully saturated rings. The standard InChI is InChI=1S/C14H18N6O/c1-9(21)10-5-4-6-11(7-10)18-13-12(15)14(17-8-16-13)19-20(2)3/h4-8H,15H2,1-3H3,(H2,16,17,18,19). The molecule has 0 radical (unpaired) electrons. The average Bonchev–Trinajstić information content (AvgIpc) is 2.43. The Bertz CT molecular complexity index is 656. The molecule has 1 aromatic carbocycles. The zero-order valence-electron chi connectivity index (χ0n) is 12.2. The SMILES string of the molecule is CC(=O)c1cccc(Nc2ncnc(NN(C)C)c2N)c1. The van der Waals surface area contributed by atoms with E-state index in [0.29, 0.717) is 22.9 Å². The van der Waals surface area contributed by atoms with Crippen molar-refractivity contribution in [2.24, 2.45) is 0 Å². The quantitative estimate of drug-likeness (QED) is 0.570. The first-order valence-corrected chi connectivity index (χ1v) is 6.40. The molecule has 0 unspecified atom stereocenters. The molecule has 7 nitrogen and oxygen atoms in total. The van der Waals surface area contributed by atoms with Crippen LogP contribution >= 0.6 is 0 Å². The molecule has 110 valence electrons. The fourth-order valence-corrected chi connectivity index (χ4v) is 1.75. The first-order chi connectivity index (χ1) is 9.97. The van der Waals surface area contributed by atoms with E-state index in [1.807, 2.05) is 20.2 Å². The van der Waals surface area contributed by atoms with Gasteiger partial charge in [-0.2, -0.15) is 0 Å². The number of hydrogen-bond acceptors (Lipinski definition) is 7. The third-order valence-electron chi connectivity index (χ3n) is 2.75. The van der Waals surface area contributed by atoms with Crippen LogP contribution in [0.5, 0.6) is 0 Å². The number of carbonyl (C=O) groups excluding carboxylic acids is 1. The molecule has 0 aliphatic rings. The highest BCUT2D eigenvalue weighted by atomic mass is 16.1. The lowest BCUT2D eigenvalue weighted by atomic mass is 10.1. The first kappa shape index (κ1) is 14.7. The molecule has 2 aromatic rings. The number of benzene rings is 1. The van der Waals surface area contributed by atoms with Crippen LogP contribution in [-0.2, 0) is 0 Å². The summed E-state index contributed by atoms with van der Waals surface area (Å²) < 4.78 is 0. The van der Waals surface area contributed by atoms with Crippen molar-refractivity contribution in [3.8, 4) is 0 Å². The number of hydrogen-bond donors (Lipinski definition) is 3. The fourth-order valence-electron chi connectivity index (χ4n) is 1.75. The number of nitrogens with one attached hydrogen (secondary N) is 2. The summed E-state index contributed by atoms with van der Waals surface area (Å²) in [5.74, 6) is 1.000. The number of nitrogen functional groups attached to an aromatic ring is 1. The second kappa shape index (κ2) is 6.19. The van der Waals surface area contributed by atoms with Crippen molar-refractivity contribution in [1.29, 1.82) is 0 Å². The predicted molar refractivity (Wildman–Crippen MR) is 83.5 cm³/mol. The van der Waals surface area contributed by atoms with Crippen LogP contribution in [0.4, 0.5) is 23.0 Å². The van der Waals surface area contributed by atoms with Crippen molar-refractivity contribution in [3.05, 3.63) is 36.2 Å². The van der Waals surface area contributed by atoms with Gasteiger partial charge in [0.2, 0.25) is 0 Å². The van der Waals surface area contributed by atoms with Crippen LogP contribution < -0.4 is 16.5 Å². The van der Waals surface area contributed by atoms with E-state index in [1.54, 1.807) is 23.2 Å². The van der Waals surface area contributed by atoms with Crippen LogP contribution in [0.25, 0.3) is 0 Å². The van der Waals surface area contributed by atoms with E-state index in [9.17, 15) is 4.79 Å². The van der Waals surface area contributed by atoms with Gasteiger partial charge in [0.05, 0.1) is 0 Å². The molecular weight excluding hydrogens is 268 g/mol. The Morgan fingerprint density at radius 2 is 1.95 bits per heavy atom. The maximum Gasteiger partial charge on any atom is 0.169 e. The zero-order valence-corrected chi connectivity index (χ0v) is 12.2. The molecule has 0 amide bonds. The number of nitrogens with two attached hydrogens (primary N) is 1. The van der Waals surface area contributed by atoms with Crippen molar-refractivity contribution in [3.63, 3.8) is 0 Å². The first-order valence-electron chi connectivity index (χ1n) is 6.40. The summed E-state index contributed by atoms with van der Waals surface area (Å²) in [6, 6.07) is 7.15. The molecule has 2 rings (SSSR count). The van der Waals surface area contributed by atoms with Gasteiger partial charge in [-0.05, 0) is 19.1 Å². The van der Waals surface area contributed by atoms with Crippen LogP contribution in [-0.4, -0.2) is 34.9 Å². The van der Waals surface area contributed by atoms with E-state index < -0.39 is 0 Å². The Balaban J connectivity index is 2.27. The number of nitrogens with zero attached hydrogens (tertiary/aromatic N) is 3. The van der Waals surface area contributed by atoms with E-state index in [0.717, 1.165) is 5.69 Å². The summed E-state index contributed by atoms with van der Waals surface area (Å²) in [4.78, 5) is 19.6. The van der Waals surface area contributed by atoms with E-state index in [2.05, 4.69) is 20.7 Å². The number of rotatable bonds is 5. The lowest BCUT2D eigenvalue weighted by molar-refractivity contribution is 0.101. The number of Topliss-reactive ketones (excluding diaryl/α,β-unsaturated/α-hetero) is 1. The molecule has 1 aromatic heterocycles. The van der Waals surface area contributed by atoms with Crippen molar-refractivity contribution in [2.75, 3.05) is 30.6 Å². The molecule has 21 heavy (non-hydrogen) atoms. The summed E-state index contributed by atoms with van der Waals surface area (Å²) >= 11 is 0. The molecule has 0 saturated heterocycles. The van der Waals surface area contributed by atoms with Gasteiger partial charge in [0, 0.05) is 25.3 Å². The molecule has 4 N–H and O–H groups in total. The van der Waals surface area contributed by atoms with Gasteiger partial charge in [-0.25, -0.2) is 15.0 Å². The second-order valence-electron chi connectivity index (χ2n) is 4.75. The lowest BCUT2D eigenvalue weighted by Gasteiger charge is -2.16. The van der Waals surface area contributed by atoms with Gasteiger partial charge in [-0.3, -0.25) is 4.79 Å². The lowest BCUT2D eigenvalue weighted by Crippen LogP contribution is -2.21. The normalized spacial score (nSPS) is 10.5. The minimum atomic E-state index is 0.00396. The van der Waals surface area contributed by atoms with Gasteiger partial charge in [-0.1, -0.05) is 12.1 Å². The summed E-state index contributed by atoms with van der Waals surface area (Å²) in [6.45, 7) is 1.53. The maximum absolute atomic E-state index is 11.4. The van der Waals surface area contributed by atoms with E-state index >= 15 is 0 Å². The predicted octanol–water partition coefficient (Wildman–Crippen LogP) is 1.89. The smallest absolute Gasteiger partial charge is 0.169 e. The highest BCUT2D eigenvalue weighted by molar-refractivity contribution is 5.95. The average molecular weight is 286 g/mol. The van der Waals surface area contributed by atoms with Crippen LogP contribution in [0, 0.1) is 0 Å². The number of aromatic nitrogens is 2. The van der Waals surface area contributed by atoms with Gasteiger partial charge in [-0.15, -0.1) is 0 Å². The molecule has 7 heteroatoms. The van der Waals surface area contributed by atoms with E-state index in [1.165, 1.54) is 13.3 Å². The molecule has 0 aliphatic heterocycles. The minimum absolute atomic E-state index is 0.00396. The fraction of sp³-hybridized carbons (Fsp3) is 0.214. The molecule has 0 atom stereocenters. The highest BCUT2D eigenvalue weighted by Gasteiger charge is 2.09. The minimum Gasteiger partial charge on any atom is -0.393 e. The Labute approximate surface area is 123 Å². The van der Waals surface area contributed by atoms with Crippen LogP contribution in [0.1, 0.15) is 17.3 Å². The molecular formula is C14H18N6O. The summed E-state index contributed by atoms with van der Waals surface area (Å²) in [6.07, 6.45) is 1.42. The van der Waals surface area contributed by atoms with Crippen molar-refractivity contribution in [2.45, 2.75) is 6.92 Å². The van der Waals surface area contributed by atoms with Crippen LogP contribution in [0.15, 0.2) is 30.6 Å². The van der Waals surface area contributed by atoms with Gasteiger partial charge >= 0.3 is 0 Å². The number of carbonyl (C=O) groups is 1. The number of ketones is 1. The molecule has 0 saturated carbocycles. The van der Waals surface area contributed by atoms with E-state index in [-0.39, 0.29) is 5.78 Å². The van der Waals surface area contributed by atoms with Crippen molar-refractivity contribution in [1.82, 2.24) is 15.0 Å². The highest BCUT2D eigenvalue weighted by Crippen LogP contribution is 2.26. The van der Waals surface area contributed by atoms with E-state index in [4.69, 9.17) is 5.73 Å². The largest absolute Gasteiger partial charge is 0.393 e. The zero-order chi connectivity index (χ0) is 15.4. The maximum atomic E-state index is 11.4. The van der Waals surface area contributed by atoms with Gasteiger partial charge < -0.3 is 16.5 Å². The monoisotopic (exact) mass is 286 g/mol. The number of anilines is 4. The molecule has 0 aliphatic carbocycles. The van der Waals surface area contributed by atoms with Crippen molar-refractivity contribution >= 4 is 28.8 Å². The summed E-state index contributed by atoms with van der Waals surface area (Å²) in [5, 5.41) is 4.83. The molecule has 0 bridgehead atoms. The van der Waals surface area contributed by atoms with Gasteiger partial charge in [0.25, 0.3) is 0 Å². The van der Waals surface area contributed by atoms with Crippen molar-refractivity contribution < 1.29 is 4.79 Å². The van der Waals surface area contributed by atoms with Crippen LogP contribution in [0.3, 0.4) is 0 Å². The van der Waals surface area contributed by atoms with Gasteiger partial charge in [0.15, 0.2) is 17.4 Å².